The average molecular weight is 448 g/mol. The average Bonchev–Trinajstić information content (AvgIpc) is 3.38. The van der Waals surface area contributed by atoms with Crippen molar-refractivity contribution in [1.29, 1.82) is 0 Å². The summed E-state index contributed by atoms with van der Waals surface area (Å²) in [5.41, 5.74) is 0.795. The number of methoxy groups -OCH3 is 1. The predicted octanol–water partition coefficient (Wildman–Crippen LogP) is 0.305. The number of imidazole rings is 1. The number of benzene rings is 1. The molecular weight excluding hydrogens is 424 g/mol. The van der Waals surface area contributed by atoms with Crippen molar-refractivity contribution < 1.29 is 19.7 Å². The van der Waals surface area contributed by atoms with Gasteiger partial charge in [0.1, 0.15) is 11.9 Å². The molecule has 10 nitrogen and oxygen atoms in total. The van der Waals surface area contributed by atoms with E-state index in [1.165, 1.54) is 7.05 Å². The van der Waals surface area contributed by atoms with Gasteiger partial charge in [-0.15, -0.1) is 0 Å². The second-order valence-corrected chi connectivity index (χ2v) is 8.30. The Balaban J connectivity index is 1.54. The van der Waals surface area contributed by atoms with Crippen molar-refractivity contribution in [1.82, 2.24) is 24.8 Å². The third kappa shape index (κ3) is 3.12. The number of carbonyl (C=O) groups excluding carboxylic acids is 1. The quantitative estimate of drug-likeness (QED) is 0.419. The Bertz CT molecular complexity index is 1290. The lowest BCUT2D eigenvalue weighted by atomic mass is 9.98. The van der Waals surface area contributed by atoms with Crippen LogP contribution < -0.4 is 15.4 Å². The maximum atomic E-state index is 12.5. The molecule has 2 aliphatic rings. The van der Waals surface area contributed by atoms with Crippen molar-refractivity contribution in [3.63, 3.8) is 0 Å². The normalized spacial score (nSPS) is 27.4. The van der Waals surface area contributed by atoms with E-state index in [4.69, 9.17) is 4.74 Å². The number of nitrogens with zero attached hydrogens (tertiary/aromatic N) is 4. The molecule has 1 aromatic carbocycles. The van der Waals surface area contributed by atoms with Crippen molar-refractivity contribution in [3.05, 3.63) is 42.0 Å². The van der Waals surface area contributed by atoms with Gasteiger partial charge in [-0.3, -0.25) is 4.79 Å². The molecule has 4 N–H and O–H groups in total. The first-order valence-corrected chi connectivity index (χ1v) is 10.6. The van der Waals surface area contributed by atoms with Crippen LogP contribution in [0.5, 0.6) is 5.75 Å². The van der Waals surface area contributed by atoms with Crippen LogP contribution in [0, 0.1) is 23.2 Å². The van der Waals surface area contributed by atoms with E-state index in [9.17, 15) is 15.0 Å². The Morgan fingerprint density at radius 1 is 1.21 bits per heavy atom. The van der Waals surface area contributed by atoms with E-state index in [0.29, 0.717) is 23.4 Å². The van der Waals surface area contributed by atoms with Crippen molar-refractivity contribution >= 4 is 22.9 Å². The fourth-order valence-electron chi connectivity index (χ4n) is 4.95. The number of nitrogens with one attached hydrogen (secondary N) is 2. The number of ether oxygens (including phenoxy) is 1. The standard InChI is InChI=1S/C23H24N6O4/c1-24-20-16-21(28-15(27-20)9-6-12-4-7-13(33-3)8-5-12)29(11-26-16)17-14-10-23(14,22(32)25-2)19(31)18(17)30/h4-5,7-8,11,14,17-19,30-31H,10H2,1-3H3,(H,25,32)(H,24,27,28)/t14?,17-,18?,19+,23-/m1/s1. The van der Waals surface area contributed by atoms with Gasteiger partial charge in [-0.1, -0.05) is 5.92 Å². The third-order valence-electron chi connectivity index (χ3n) is 6.71. The van der Waals surface area contributed by atoms with Crippen molar-refractivity contribution in [2.75, 3.05) is 26.5 Å². The first-order chi connectivity index (χ1) is 15.9. The highest BCUT2D eigenvalue weighted by atomic mass is 16.5. The molecule has 170 valence electrons. The van der Waals surface area contributed by atoms with Gasteiger partial charge in [0.2, 0.25) is 11.7 Å². The maximum Gasteiger partial charge on any atom is 0.229 e. The molecule has 0 bridgehead atoms. The number of anilines is 1. The first kappa shape index (κ1) is 21.2. The summed E-state index contributed by atoms with van der Waals surface area (Å²) in [6.07, 6.45) is -0.228. The number of aromatic nitrogens is 4. The lowest BCUT2D eigenvalue weighted by molar-refractivity contribution is -0.132. The van der Waals surface area contributed by atoms with Gasteiger partial charge in [0.25, 0.3) is 0 Å². The van der Waals surface area contributed by atoms with Gasteiger partial charge in [0, 0.05) is 25.6 Å². The predicted molar refractivity (Wildman–Crippen MR) is 120 cm³/mol. The summed E-state index contributed by atoms with van der Waals surface area (Å²) in [4.78, 5) is 25.9. The van der Waals surface area contributed by atoms with Gasteiger partial charge < -0.3 is 30.2 Å². The molecule has 2 heterocycles. The highest BCUT2D eigenvalue weighted by Crippen LogP contribution is 2.67. The van der Waals surface area contributed by atoms with Gasteiger partial charge in [-0.25, -0.2) is 15.0 Å². The molecule has 5 rings (SSSR count). The van der Waals surface area contributed by atoms with Crippen LogP contribution in [0.4, 0.5) is 5.82 Å². The van der Waals surface area contributed by atoms with Gasteiger partial charge in [0.15, 0.2) is 17.0 Å². The number of aliphatic hydroxyl groups excluding tert-OH is 2. The fourth-order valence-corrected chi connectivity index (χ4v) is 4.95. The number of hydrogen-bond donors (Lipinski definition) is 4. The summed E-state index contributed by atoms with van der Waals surface area (Å²) in [6.45, 7) is 0. The van der Waals surface area contributed by atoms with E-state index < -0.39 is 23.7 Å². The van der Waals surface area contributed by atoms with Crippen LogP contribution in [0.1, 0.15) is 23.9 Å². The van der Waals surface area contributed by atoms with E-state index in [1.807, 2.05) is 24.3 Å². The summed E-state index contributed by atoms with van der Waals surface area (Å²) < 4.78 is 6.90. The zero-order chi connectivity index (χ0) is 23.3. The number of carbonyl (C=O) groups is 1. The second kappa shape index (κ2) is 7.72. The minimum Gasteiger partial charge on any atom is -0.497 e. The van der Waals surface area contributed by atoms with Crippen LogP contribution in [-0.4, -0.2) is 69.1 Å². The minimum atomic E-state index is -1.16. The van der Waals surface area contributed by atoms with Gasteiger partial charge in [0.05, 0.1) is 31.0 Å². The molecule has 10 heteroatoms. The first-order valence-electron chi connectivity index (χ1n) is 10.6. The number of rotatable bonds is 4. The highest BCUT2D eigenvalue weighted by molar-refractivity contribution is 5.88. The lowest BCUT2D eigenvalue weighted by Crippen LogP contribution is -2.41. The molecule has 2 fully saturated rings. The van der Waals surface area contributed by atoms with Crippen molar-refractivity contribution in [2.24, 2.45) is 11.3 Å². The molecule has 2 saturated carbocycles. The molecule has 3 aromatic rings. The largest absolute Gasteiger partial charge is 0.497 e. The lowest BCUT2D eigenvalue weighted by Gasteiger charge is -2.23. The number of fused-ring (bicyclic) bond motifs is 2. The molecule has 0 spiro atoms. The summed E-state index contributed by atoms with van der Waals surface area (Å²) >= 11 is 0. The van der Waals surface area contributed by atoms with Crippen LogP contribution in [0.2, 0.25) is 0 Å². The Hall–Kier alpha value is -3.68. The molecule has 33 heavy (non-hydrogen) atoms. The van der Waals surface area contributed by atoms with E-state index in [2.05, 4.69) is 37.4 Å². The Morgan fingerprint density at radius 3 is 2.64 bits per heavy atom. The van der Waals surface area contributed by atoms with Crippen LogP contribution in [0.25, 0.3) is 11.2 Å². The number of amides is 1. The van der Waals surface area contributed by atoms with Crippen LogP contribution in [0.15, 0.2) is 30.6 Å². The number of aliphatic hydroxyl groups is 2. The number of hydrogen-bond acceptors (Lipinski definition) is 8. The summed E-state index contributed by atoms with van der Waals surface area (Å²) in [6, 6.07) is 6.79. The molecule has 0 saturated heterocycles. The molecule has 0 aliphatic heterocycles. The van der Waals surface area contributed by atoms with Gasteiger partial charge >= 0.3 is 0 Å². The Labute approximate surface area is 190 Å². The minimum absolute atomic E-state index is 0.221. The maximum absolute atomic E-state index is 12.5. The van der Waals surface area contributed by atoms with E-state index in [1.54, 1.807) is 25.1 Å². The zero-order valence-electron chi connectivity index (χ0n) is 18.4. The molecule has 2 aromatic heterocycles. The summed E-state index contributed by atoms with van der Waals surface area (Å²) in [7, 11) is 4.87. The summed E-state index contributed by atoms with van der Waals surface area (Å²) in [5.74, 6) is 7.06. The monoisotopic (exact) mass is 448 g/mol. The second-order valence-electron chi connectivity index (χ2n) is 8.30. The molecular formula is C23H24N6O4. The SMILES string of the molecule is CNC(=O)[C@]12CC1[C@@H](n1cnc3c(NC)nc(C#Cc4ccc(OC)cc4)nc31)C(O)[C@@H]2O. The Morgan fingerprint density at radius 2 is 1.97 bits per heavy atom. The topological polar surface area (TPSA) is 134 Å². The van der Waals surface area contributed by atoms with Crippen LogP contribution >= 0.6 is 0 Å². The fraction of sp³-hybridized carbons (Fsp3) is 0.391. The smallest absolute Gasteiger partial charge is 0.229 e. The molecule has 1 amide bonds. The van der Waals surface area contributed by atoms with Gasteiger partial charge in [-0.2, -0.15) is 0 Å². The molecule has 5 atom stereocenters. The highest BCUT2D eigenvalue weighted by Gasteiger charge is 2.75. The van der Waals surface area contributed by atoms with Crippen LogP contribution in [0.3, 0.4) is 0 Å². The van der Waals surface area contributed by atoms with Crippen molar-refractivity contribution in [3.8, 4) is 17.6 Å². The van der Waals surface area contributed by atoms with Gasteiger partial charge in [-0.05, 0) is 36.6 Å². The molecule has 2 unspecified atom stereocenters. The van der Waals surface area contributed by atoms with Crippen molar-refractivity contribution in [2.45, 2.75) is 24.7 Å². The van der Waals surface area contributed by atoms with E-state index in [0.717, 1.165) is 11.3 Å². The Kier molecular flexibility index (Phi) is 4.96. The zero-order valence-corrected chi connectivity index (χ0v) is 18.4. The molecule has 2 aliphatic carbocycles. The van der Waals surface area contributed by atoms with E-state index >= 15 is 0 Å². The molecule has 0 radical (unpaired) electrons. The van der Waals surface area contributed by atoms with Crippen LogP contribution in [-0.2, 0) is 4.79 Å². The summed E-state index contributed by atoms with van der Waals surface area (Å²) in [5, 5.41) is 27.1. The van der Waals surface area contributed by atoms with E-state index in [-0.39, 0.29) is 17.6 Å². The third-order valence-corrected chi connectivity index (χ3v) is 6.71.